The molecule has 4 saturated carbocycles. The van der Waals surface area contributed by atoms with Crippen LogP contribution in [0, 0.1) is 45.3 Å². The summed E-state index contributed by atoms with van der Waals surface area (Å²) in [6.45, 7) is 13.9. The minimum atomic E-state index is -0.707. The number of allylic oxidation sites excluding steroid dienone is 2. The van der Waals surface area contributed by atoms with Gasteiger partial charge in [-0.3, -0.25) is 4.79 Å². The Morgan fingerprint density at radius 3 is 2.44 bits per heavy atom. The zero-order chi connectivity index (χ0) is 24.9. The Morgan fingerprint density at radius 2 is 1.82 bits per heavy atom. The van der Waals surface area contributed by atoms with E-state index < -0.39 is 5.97 Å². The monoisotopic (exact) mass is 472 g/mol. The Labute approximate surface area is 206 Å². The summed E-state index contributed by atoms with van der Waals surface area (Å²) in [5, 5.41) is 29.9. The Hall–Kier alpha value is -1.13. The average Bonchev–Trinajstić information content (AvgIpc) is 3.39. The van der Waals surface area contributed by atoms with Crippen LogP contribution in [0.1, 0.15) is 98.3 Å². The molecule has 34 heavy (non-hydrogen) atoms. The average molecular weight is 473 g/mol. The molecule has 0 aliphatic heterocycles. The second-order valence-electron chi connectivity index (χ2n) is 13.2. The van der Waals surface area contributed by atoms with Crippen LogP contribution in [0.15, 0.2) is 23.8 Å². The Bertz CT molecular complexity index is 843. The van der Waals surface area contributed by atoms with Crippen molar-refractivity contribution in [3.8, 4) is 0 Å². The number of aliphatic hydroxyl groups excluding tert-OH is 2. The SMILES string of the molecule is C=C(CO)[C@@H]1CC[C@@H]2[C@]3(CC[C@@]4(C)[C@H]([C@@H](CO)CCC=C(C)C)CC[C@@]24C)C[C@]13CCC(=O)O. The van der Waals surface area contributed by atoms with E-state index in [4.69, 9.17) is 0 Å². The number of hydrogen-bond acceptors (Lipinski definition) is 3. The summed E-state index contributed by atoms with van der Waals surface area (Å²) in [7, 11) is 0. The van der Waals surface area contributed by atoms with Crippen LogP contribution < -0.4 is 0 Å². The van der Waals surface area contributed by atoms with Crippen molar-refractivity contribution < 1.29 is 20.1 Å². The van der Waals surface area contributed by atoms with E-state index in [9.17, 15) is 20.1 Å². The van der Waals surface area contributed by atoms with Crippen molar-refractivity contribution in [3.05, 3.63) is 23.8 Å². The van der Waals surface area contributed by atoms with Gasteiger partial charge in [0.2, 0.25) is 0 Å². The second-order valence-corrected chi connectivity index (χ2v) is 13.2. The molecule has 0 heterocycles. The summed E-state index contributed by atoms with van der Waals surface area (Å²) in [4.78, 5) is 11.6. The predicted molar refractivity (Wildman–Crippen MR) is 136 cm³/mol. The van der Waals surface area contributed by atoms with Crippen molar-refractivity contribution in [1.29, 1.82) is 0 Å². The van der Waals surface area contributed by atoms with Crippen LogP contribution in [0.3, 0.4) is 0 Å². The molecule has 4 rings (SSSR count). The maximum Gasteiger partial charge on any atom is 0.303 e. The molecule has 8 atom stereocenters. The molecule has 1 spiro atoms. The standard InChI is InChI=1S/C30H48O4/c1-20(2)7-6-8-22(18-32)24-11-13-28(5)25-10-9-23(21(3)17-31)29(14-12-26(33)34)19-30(25,29)16-15-27(24,28)4/h7,22-25,31-32H,3,6,8-19H2,1-2,4-5H3,(H,33,34)/t22-,23+,24+,25+,27+,28+,29-,30+/m1/s1. The van der Waals surface area contributed by atoms with Crippen LogP contribution in [0.25, 0.3) is 0 Å². The first-order chi connectivity index (χ1) is 16.0. The summed E-state index contributed by atoms with van der Waals surface area (Å²) >= 11 is 0. The fourth-order valence-corrected chi connectivity index (χ4v) is 10.1. The van der Waals surface area contributed by atoms with Gasteiger partial charge in [0.25, 0.3) is 0 Å². The van der Waals surface area contributed by atoms with Gasteiger partial charge in [0.15, 0.2) is 0 Å². The fourth-order valence-electron chi connectivity index (χ4n) is 10.1. The van der Waals surface area contributed by atoms with Crippen molar-refractivity contribution in [3.63, 3.8) is 0 Å². The molecule has 0 unspecified atom stereocenters. The van der Waals surface area contributed by atoms with Crippen LogP contribution in [-0.2, 0) is 4.79 Å². The van der Waals surface area contributed by atoms with E-state index in [2.05, 4.69) is 40.3 Å². The summed E-state index contributed by atoms with van der Waals surface area (Å²) in [6.07, 6.45) is 13.4. The highest BCUT2D eigenvalue weighted by molar-refractivity contribution is 5.67. The molecule has 3 N–H and O–H groups in total. The molecule has 4 fully saturated rings. The lowest BCUT2D eigenvalue weighted by molar-refractivity contribution is -0.139. The van der Waals surface area contributed by atoms with Gasteiger partial charge in [0, 0.05) is 13.0 Å². The lowest BCUT2D eigenvalue weighted by atomic mass is 9.43. The molecule has 0 amide bonds. The molecular formula is C30H48O4. The van der Waals surface area contributed by atoms with E-state index in [0.717, 1.165) is 37.7 Å². The molecule has 4 aliphatic carbocycles. The van der Waals surface area contributed by atoms with Gasteiger partial charge < -0.3 is 15.3 Å². The molecule has 4 nitrogen and oxygen atoms in total. The van der Waals surface area contributed by atoms with Gasteiger partial charge >= 0.3 is 5.97 Å². The first kappa shape index (κ1) is 25.9. The van der Waals surface area contributed by atoms with Gasteiger partial charge in [-0.25, -0.2) is 0 Å². The summed E-state index contributed by atoms with van der Waals surface area (Å²) in [5.74, 6) is 1.08. The number of carboxylic acid groups (broad SMARTS) is 1. The van der Waals surface area contributed by atoms with Gasteiger partial charge in [-0.05, 0) is 129 Å². The maximum absolute atomic E-state index is 11.6. The largest absolute Gasteiger partial charge is 0.481 e. The van der Waals surface area contributed by atoms with Crippen LogP contribution in [0.5, 0.6) is 0 Å². The third-order valence-corrected chi connectivity index (χ3v) is 11.9. The molecule has 0 aromatic rings. The Kier molecular flexibility index (Phi) is 6.92. The van der Waals surface area contributed by atoms with Crippen molar-refractivity contribution in [1.82, 2.24) is 0 Å². The number of carbonyl (C=O) groups is 1. The van der Waals surface area contributed by atoms with Gasteiger partial charge in [0.05, 0.1) is 6.61 Å². The van der Waals surface area contributed by atoms with Crippen LogP contribution >= 0.6 is 0 Å². The molecule has 0 radical (unpaired) electrons. The highest BCUT2D eigenvalue weighted by atomic mass is 16.4. The van der Waals surface area contributed by atoms with Crippen molar-refractivity contribution in [2.75, 3.05) is 13.2 Å². The number of aliphatic hydroxyl groups is 2. The quantitative estimate of drug-likeness (QED) is 0.323. The zero-order valence-electron chi connectivity index (χ0n) is 22.0. The predicted octanol–water partition coefficient (Wildman–Crippen LogP) is 6.37. The minimum absolute atomic E-state index is 0.0103. The summed E-state index contributed by atoms with van der Waals surface area (Å²) < 4.78 is 0. The van der Waals surface area contributed by atoms with Crippen LogP contribution in [0.2, 0.25) is 0 Å². The third kappa shape index (κ3) is 3.65. The summed E-state index contributed by atoms with van der Waals surface area (Å²) in [5.41, 5.74) is 2.95. The van der Waals surface area contributed by atoms with E-state index >= 15 is 0 Å². The molecule has 0 aromatic heterocycles. The molecule has 0 bridgehead atoms. The van der Waals surface area contributed by atoms with E-state index in [1.807, 2.05) is 0 Å². The van der Waals surface area contributed by atoms with E-state index in [1.165, 1.54) is 37.7 Å². The first-order valence-electron chi connectivity index (χ1n) is 13.8. The number of rotatable bonds is 10. The van der Waals surface area contributed by atoms with E-state index in [0.29, 0.717) is 17.8 Å². The number of aliphatic carboxylic acids is 1. The smallest absolute Gasteiger partial charge is 0.303 e. The Morgan fingerprint density at radius 1 is 1.09 bits per heavy atom. The first-order valence-corrected chi connectivity index (χ1v) is 13.8. The highest BCUT2D eigenvalue weighted by Gasteiger charge is 2.80. The molecule has 4 aliphatic rings. The van der Waals surface area contributed by atoms with Crippen molar-refractivity contribution in [2.45, 2.75) is 98.3 Å². The fraction of sp³-hybridized carbons (Fsp3) is 0.833. The molecule has 192 valence electrons. The van der Waals surface area contributed by atoms with E-state index in [-0.39, 0.29) is 47.2 Å². The lowest BCUT2D eigenvalue weighted by Crippen LogP contribution is -2.54. The van der Waals surface area contributed by atoms with Gasteiger partial charge in [-0.1, -0.05) is 32.1 Å². The molecule has 0 aromatic carbocycles. The molecule has 4 heteroatoms. The number of carboxylic acids is 1. The van der Waals surface area contributed by atoms with Crippen LogP contribution in [-0.4, -0.2) is 34.5 Å². The Balaban J connectivity index is 1.62. The normalized spacial score (nSPS) is 43.3. The lowest BCUT2D eigenvalue weighted by Gasteiger charge is -2.61. The molecule has 0 saturated heterocycles. The maximum atomic E-state index is 11.6. The molecular weight excluding hydrogens is 424 g/mol. The van der Waals surface area contributed by atoms with Gasteiger partial charge in [-0.2, -0.15) is 0 Å². The summed E-state index contributed by atoms with van der Waals surface area (Å²) in [6, 6.07) is 0. The van der Waals surface area contributed by atoms with E-state index in [1.54, 1.807) is 0 Å². The number of fused-ring (bicyclic) bond motifs is 2. The highest BCUT2D eigenvalue weighted by Crippen LogP contribution is 2.87. The van der Waals surface area contributed by atoms with Crippen LogP contribution in [0.4, 0.5) is 0 Å². The number of hydrogen-bond donors (Lipinski definition) is 3. The third-order valence-electron chi connectivity index (χ3n) is 11.9. The van der Waals surface area contributed by atoms with Crippen molar-refractivity contribution in [2.24, 2.45) is 45.3 Å². The minimum Gasteiger partial charge on any atom is -0.481 e. The van der Waals surface area contributed by atoms with Gasteiger partial charge in [0.1, 0.15) is 0 Å². The van der Waals surface area contributed by atoms with Gasteiger partial charge in [-0.15, -0.1) is 0 Å². The van der Waals surface area contributed by atoms with Crippen molar-refractivity contribution >= 4 is 5.97 Å². The zero-order valence-corrected chi connectivity index (χ0v) is 22.0. The second kappa shape index (κ2) is 9.07. The topological polar surface area (TPSA) is 77.8 Å².